The normalized spacial score (nSPS) is 21.0. The lowest BCUT2D eigenvalue weighted by Gasteiger charge is -2.23. The number of hydrogen-bond donors (Lipinski definition) is 0. The third kappa shape index (κ3) is 5.17. The summed E-state index contributed by atoms with van der Waals surface area (Å²) in [5, 5.41) is 8.39. The summed E-state index contributed by atoms with van der Waals surface area (Å²) in [5.74, 6) is 2.11. The highest BCUT2D eigenvalue weighted by Gasteiger charge is 2.34. The summed E-state index contributed by atoms with van der Waals surface area (Å²) in [4.78, 5) is 18.7. The predicted octanol–water partition coefficient (Wildman–Crippen LogP) is 4.12. The first-order valence-corrected chi connectivity index (χ1v) is 11.3. The molecule has 8 nitrogen and oxygen atoms in total. The molecule has 2 aliphatic carbocycles. The highest BCUT2D eigenvalue weighted by atomic mass is 16.6. The van der Waals surface area contributed by atoms with Gasteiger partial charge in [-0.15, -0.1) is 5.10 Å². The van der Waals surface area contributed by atoms with E-state index in [1.165, 1.54) is 25.7 Å². The Kier molecular flexibility index (Phi) is 6.43. The van der Waals surface area contributed by atoms with E-state index in [4.69, 9.17) is 14.5 Å². The molecule has 2 aromatic heterocycles. The molecule has 2 heterocycles. The minimum absolute atomic E-state index is 0.100. The number of carbonyl (C=O) groups excluding carboxylic acids is 1. The lowest BCUT2D eigenvalue weighted by Crippen LogP contribution is -2.29. The van der Waals surface area contributed by atoms with Crippen LogP contribution in [0.4, 0.5) is 4.79 Å². The van der Waals surface area contributed by atoms with Crippen LogP contribution in [0, 0.1) is 18.8 Å². The Morgan fingerprint density at radius 2 is 2.00 bits per heavy atom. The van der Waals surface area contributed by atoms with Crippen LogP contribution in [0.3, 0.4) is 0 Å². The van der Waals surface area contributed by atoms with E-state index in [1.54, 1.807) is 23.7 Å². The van der Waals surface area contributed by atoms with Crippen LogP contribution in [0.5, 0.6) is 5.75 Å². The largest absolute Gasteiger partial charge is 0.489 e. The van der Waals surface area contributed by atoms with Crippen LogP contribution < -0.4 is 4.74 Å². The SMILES string of the molecule is Cc1nc(-c2nnn(C)c2COC(=O)N(C)CC2CC2C)ccc1OC1CCCCC1. The maximum atomic E-state index is 12.4. The van der Waals surface area contributed by atoms with Gasteiger partial charge in [0, 0.05) is 20.6 Å². The van der Waals surface area contributed by atoms with Crippen molar-refractivity contribution in [2.24, 2.45) is 18.9 Å². The molecule has 2 atom stereocenters. The van der Waals surface area contributed by atoms with E-state index in [-0.39, 0.29) is 18.8 Å². The molecule has 1 amide bonds. The van der Waals surface area contributed by atoms with Crippen molar-refractivity contribution >= 4 is 6.09 Å². The fourth-order valence-electron chi connectivity index (χ4n) is 4.22. The molecule has 2 aliphatic rings. The second kappa shape index (κ2) is 9.24. The average Bonchev–Trinajstić information content (AvgIpc) is 3.32. The fraction of sp³-hybridized carbons (Fsp3) is 0.652. The van der Waals surface area contributed by atoms with Gasteiger partial charge in [0.15, 0.2) is 0 Å². The first-order chi connectivity index (χ1) is 14.9. The van der Waals surface area contributed by atoms with Crippen LogP contribution in [0.2, 0.25) is 0 Å². The predicted molar refractivity (Wildman–Crippen MR) is 117 cm³/mol. The van der Waals surface area contributed by atoms with Crippen LogP contribution in [-0.4, -0.2) is 50.7 Å². The molecule has 2 aromatic rings. The summed E-state index contributed by atoms with van der Waals surface area (Å²) < 4.78 is 13.4. The van der Waals surface area contributed by atoms with Gasteiger partial charge in [0.25, 0.3) is 0 Å². The van der Waals surface area contributed by atoms with Crippen molar-refractivity contribution in [1.29, 1.82) is 0 Å². The van der Waals surface area contributed by atoms with E-state index in [9.17, 15) is 4.79 Å². The van der Waals surface area contributed by atoms with Crippen LogP contribution in [0.15, 0.2) is 12.1 Å². The highest BCUT2D eigenvalue weighted by Crippen LogP contribution is 2.38. The molecule has 2 saturated carbocycles. The zero-order valence-electron chi connectivity index (χ0n) is 19.0. The monoisotopic (exact) mass is 427 g/mol. The van der Waals surface area contributed by atoms with Crippen LogP contribution in [-0.2, 0) is 18.4 Å². The van der Waals surface area contributed by atoms with Crippen molar-refractivity contribution in [3.05, 3.63) is 23.5 Å². The third-order valence-electron chi connectivity index (χ3n) is 6.50. The van der Waals surface area contributed by atoms with E-state index in [1.807, 2.05) is 19.1 Å². The maximum absolute atomic E-state index is 12.4. The highest BCUT2D eigenvalue weighted by molar-refractivity contribution is 5.67. The summed E-state index contributed by atoms with van der Waals surface area (Å²) in [7, 11) is 3.58. The molecule has 31 heavy (non-hydrogen) atoms. The number of rotatable bonds is 7. The number of aryl methyl sites for hydroxylation is 2. The lowest BCUT2D eigenvalue weighted by molar-refractivity contribution is 0.101. The van der Waals surface area contributed by atoms with Crippen molar-refractivity contribution in [3.8, 4) is 17.1 Å². The molecule has 2 unspecified atom stereocenters. The Morgan fingerprint density at radius 3 is 2.68 bits per heavy atom. The first-order valence-electron chi connectivity index (χ1n) is 11.3. The van der Waals surface area contributed by atoms with Crippen molar-refractivity contribution < 1.29 is 14.3 Å². The molecule has 0 saturated heterocycles. The standard InChI is InChI=1S/C23H33N5O3/c1-15-12-17(15)13-27(3)23(29)30-14-20-22(25-26-28(20)4)19-10-11-21(16(2)24-19)31-18-8-6-5-7-9-18/h10-11,15,17-18H,5-9,12-14H2,1-4H3. The zero-order valence-corrected chi connectivity index (χ0v) is 19.0. The smallest absolute Gasteiger partial charge is 0.409 e. The number of pyridine rings is 1. The van der Waals surface area contributed by atoms with Gasteiger partial charge in [0.2, 0.25) is 0 Å². The summed E-state index contributed by atoms with van der Waals surface area (Å²) in [6.07, 6.45) is 7.10. The number of nitrogens with zero attached hydrogens (tertiary/aromatic N) is 5. The molecule has 4 rings (SSSR count). The zero-order chi connectivity index (χ0) is 22.0. The topological polar surface area (TPSA) is 82.4 Å². The van der Waals surface area contributed by atoms with Gasteiger partial charge in [-0.25, -0.2) is 14.5 Å². The number of amides is 1. The minimum atomic E-state index is -0.327. The third-order valence-corrected chi connectivity index (χ3v) is 6.50. The molecular weight excluding hydrogens is 394 g/mol. The minimum Gasteiger partial charge on any atom is -0.489 e. The Morgan fingerprint density at radius 1 is 1.26 bits per heavy atom. The molecule has 0 bridgehead atoms. The Bertz CT molecular complexity index is 922. The van der Waals surface area contributed by atoms with Crippen molar-refractivity contribution in [2.45, 2.75) is 65.1 Å². The van der Waals surface area contributed by atoms with E-state index < -0.39 is 0 Å². The van der Waals surface area contributed by atoms with E-state index >= 15 is 0 Å². The van der Waals surface area contributed by atoms with Crippen molar-refractivity contribution in [2.75, 3.05) is 13.6 Å². The number of carbonyl (C=O) groups is 1. The Labute approximate surface area is 183 Å². The number of aromatic nitrogens is 4. The Balaban J connectivity index is 1.41. The Hall–Kier alpha value is -2.64. The summed E-state index contributed by atoms with van der Waals surface area (Å²) >= 11 is 0. The quantitative estimate of drug-likeness (QED) is 0.661. The van der Waals surface area contributed by atoms with Gasteiger partial charge in [-0.3, -0.25) is 0 Å². The van der Waals surface area contributed by atoms with Crippen LogP contribution >= 0.6 is 0 Å². The average molecular weight is 428 g/mol. The van der Waals surface area contributed by atoms with Gasteiger partial charge in [0.1, 0.15) is 23.7 Å². The van der Waals surface area contributed by atoms with Gasteiger partial charge in [0.05, 0.1) is 17.5 Å². The van der Waals surface area contributed by atoms with Crippen molar-refractivity contribution in [1.82, 2.24) is 24.9 Å². The second-order valence-electron chi connectivity index (χ2n) is 9.07. The summed E-state index contributed by atoms with van der Waals surface area (Å²) in [6.45, 7) is 4.99. The lowest BCUT2D eigenvalue weighted by atomic mass is 9.98. The molecule has 168 valence electrons. The number of hydrogen-bond acceptors (Lipinski definition) is 6. The van der Waals surface area contributed by atoms with E-state index in [0.717, 1.165) is 36.5 Å². The molecule has 0 N–H and O–H groups in total. The molecular formula is C23H33N5O3. The molecule has 0 aromatic carbocycles. The molecule has 0 aliphatic heterocycles. The second-order valence-corrected chi connectivity index (χ2v) is 9.07. The number of ether oxygens (including phenoxy) is 2. The van der Waals surface area contributed by atoms with E-state index in [2.05, 4.69) is 17.2 Å². The van der Waals surface area contributed by atoms with Crippen LogP contribution in [0.1, 0.15) is 56.8 Å². The van der Waals surface area contributed by atoms with Gasteiger partial charge >= 0.3 is 6.09 Å². The van der Waals surface area contributed by atoms with Gasteiger partial charge in [-0.1, -0.05) is 18.6 Å². The molecule has 0 spiro atoms. The molecule has 2 fully saturated rings. The van der Waals surface area contributed by atoms with Gasteiger partial charge in [-0.05, 0) is 63.0 Å². The van der Waals surface area contributed by atoms with Crippen LogP contribution in [0.25, 0.3) is 11.4 Å². The fourth-order valence-corrected chi connectivity index (χ4v) is 4.22. The summed E-state index contributed by atoms with van der Waals surface area (Å²) in [6, 6.07) is 3.86. The first kappa shape index (κ1) is 21.6. The van der Waals surface area contributed by atoms with Gasteiger partial charge in [-0.2, -0.15) is 0 Å². The van der Waals surface area contributed by atoms with E-state index in [0.29, 0.717) is 23.2 Å². The van der Waals surface area contributed by atoms with Crippen molar-refractivity contribution in [3.63, 3.8) is 0 Å². The molecule has 0 radical (unpaired) electrons. The summed E-state index contributed by atoms with van der Waals surface area (Å²) in [5.41, 5.74) is 2.87. The molecule has 8 heteroatoms. The van der Waals surface area contributed by atoms with Gasteiger partial charge < -0.3 is 14.4 Å². The maximum Gasteiger partial charge on any atom is 0.409 e.